The lowest BCUT2D eigenvalue weighted by Crippen LogP contribution is -2.30. The van der Waals surface area contributed by atoms with Gasteiger partial charge in [0.1, 0.15) is 5.78 Å². The van der Waals surface area contributed by atoms with Crippen LogP contribution < -0.4 is 0 Å². The first kappa shape index (κ1) is 14.8. The first-order valence-corrected chi connectivity index (χ1v) is 7.20. The van der Waals surface area contributed by atoms with Gasteiger partial charge in [0, 0.05) is 11.8 Å². The molecule has 0 radical (unpaired) electrons. The number of ketones is 1. The van der Waals surface area contributed by atoms with Gasteiger partial charge in [0.2, 0.25) is 0 Å². The summed E-state index contributed by atoms with van der Waals surface area (Å²) in [5, 5.41) is 0. The molecule has 0 spiro atoms. The molecule has 0 saturated heterocycles. The minimum absolute atomic E-state index is 0.0478. The fraction of sp³-hybridized carbons (Fsp3) is 0.529. The fourth-order valence-electron chi connectivity index (χ4n) is 3.07. The fourth-order valence-corrected chi connectivity index (χ4v) is 3.07. The first-order valence-electron chi connectivity index (χ1n) is 7.20. The average molecular weight is 274 g/mol. The van der Waals surface area contributed by atoms with Crippen LogP contribution in [-0.4, -0.2) is 18.9 Å². The second-order valence-corrected chi connectivity index (χ2v) is 5.88. The molecule has 1 aromatic carbocycles. The number of ether oxygens (including phenoxy) is 1. The second-order valence-electron chi connectivity index (χ2n) is 5.88. The van der Waals surface area contributed by atoms with Gasteiger partial charge in [0.15, 0.2) is 0 Å². The van der Waals surface area contributed by atoms with Crippen LogP contribution in [-0.2, 0) is 27.2 Å². The highest BCUT2D eigenvalue weighted by molar-refractivity contribution is 5.87. The maximum Gasteiger partial charge on any atom is 0.306 e. The van der Waals surface area contributed by atoms with Crippen molar-refractivity contribution in [3.8, 4) is 0 Å². The number of hydrogen-bond donors (Lipinski definition) is 0. The van der Waals surface area contributed by atoms with E-state index in [0.29, 0.717) is 0 Å². The van der Waals surface area contributed by atoms with E-state index in [9.17, 15) is 9.59 Å². The Bertz CT molecular complexity index is 480. The van der Waals surface area contributed by atoms with Gasteiger partial charge in [-0.2, -0.15) is 0 Å². The van der Waals surface area contributed by atoms with Crippen molar-refractivity contribution in [2.24, 2.45) is 17.8 Å². The summed E-state index contributed by atoms with van der Waals surface area (Å²) in [5.74, 6) is -0.169. The van der Waals surface area contributed by atoms with E-state index in [-0.39, 0.29) is 35.9 Å². The summed E-state index contributed by atoms with van der Waals surface area (Å²) in [6.45, 7) is 3.80. The van der Waals surface area contributed by atoms with E-state index >= 15 is 0 Å². The minimum atomic E-state index is -0.292. The van der Waals surface area contributed by atoms with E-state index in [2.05, 4.69) is 12.1 Å². The Kier molecular flexibility index (Phi) is 4.58. The molecule has 3 nitrogen and oxygen atoms in total. The molecule has 0 amide bonds. The molecule has 0 fully saturated rings. The van der Waals surface area contributed by atoms with E-state index < -0.39 is 0 Å². The third kappa shape index (κ3) is 3.09. The zero-order valence-corrected chi connectivity index (χ0v) is 12.4. The van der Waals surface area contributed by atoms with Crippen LogP contribution in [0.3, 0.4) is 0 Å². The van der Waals surface area contributed by atoms with Gasteiger partial charge >= 0.3 is 5.97 Å². The van der Waals surface area contributed by atoms with Crippen molar-refractivity contribution in [3.05, 3.63) is 35.4 Å². The Morgan fingerprint density at radius 2 is 1.75 bits per heavy atom. The van der Waals surface area contributed by atoms with Crippen molar-refractivity contribution < 1.29 is 14.3 Å². The van der Waals surface area contributed by atoms with E-state index in [1.54, 1.807) is 0 Å². The average Bonchev–Trinajstić information content (AvgIpc) is 2.87. The molecule has 0 heterocycles. The van der Waals surface area contributed by atoms with Crippen LogP contribution in [0.25, 0.3) is 0 Å². The van der Waals surface area contributed by atoms with E-state index in [1.165, 1.54) is 18.2 Å². The van der Waals surface area contributed by atoms with Gasteiger partial charge in [0.25, 0.3) is 0 Å². The molecule has 0 N–H and O–H groups in total. The quantitative estimate of drug-likeness (QED) is 0.775. The summed E-state index contributed by atoms with van der Waals surface area (Å²) in [4.78, 5) is 24.0. The van der Waals surface area contributed by atoms with Gasteiger partial charge < -0.3 is 4.74 Å². The van der Waals surface area contributed by atoms with Gasteiger partial charge in [-0.3, -0.25) is 9.59 Å². The summed E-state index contributed by atoms with van der Waals surface area (Å²) in [7, 11) is 1.38. The van der Waals surface area contributed by atoms with Crippen LogP contribution in [0.4, 0.5) is 0 Å². The van der Waals surface area contributed by atoms with Crippen LogP contribution >= 0.6 is 0 Å². The molecule has 1 aliphatic rings. The van der Waals surface area contributed by atoms with E-state index in [0.717, 1.165) is 12.8 Å². The topological polar surface area (TPSA) is 43.4 Å². The van der Waals surface area contributed by atoms with Crippen molar-refractivity contribution in [2.45, 2.75) is 33.1 Å². The number of benzene rings is 1. The lowest BCUT2D eigenvalue weighted by molar-refractivity contribution is -0.145. The molecule has 1 aliphatic carbocycles. The number of hydrogen-bond acceptors (Lipinski definition) is 3. The molecular weight excluding hydrogens is 252 g/mol. The minimum Gasteiger partial charge on any atom is -0.469 e. The molecule has 0 bridgehead atoms. The molecule has 1 aromatic rings. The van der Waals surface area contributed by atoms with E-state index in [4.69, 9.17) is 4.74 Å². The number of Topliss-reactive ketones (excluding diaryl/α,β-unsaturated/α-hetero) is 1. The third-order valence-corrected chi connectivity index (χ3v) is 4.20. The Balaban J connectivity index is 2.16. The number of methoxy groups -OCH3 is 1. The molecule has 0 aliphatic heterocycles. The normalized spacial score (nSPS) is 16.0. The highest BCUT2D eigenvalue weighted by Crippen LogP contribution is 2.34. The SMILES string of the molecule is COC(=O)CC(C(=O)C(C)C)C1Cc2ccccc2C1. The van der Waals surface area contributed by atoms with Crippen LogP contribution in [0.1, 0.15) is 31.4 Å². The maximum atomic E-state index is 12.4. The highest BCUT2D eigenvalue weighted by atomic mass is 16.5. The Labute approximate surface area is 120 Å². The van der Waals surface area contributed by atoms with Crippen molar-refractivity contribution in [1.29, 1.82) is 0 Å². The Hall–Kier alpha value is -1.64. The van der Waals surface area contributed by atoms with Crippen LogP contribution in [0.15, 0.2) is 24.3 Å². The monoisotopic (exact) mass is 274 g/mol. The number of fused-ring (bicyclic) bond motifs is 1. The molecule has 2 rings (SSSR count). The third-order valence-electron chi connectivity index (χ3n) is 4.20. The Morgan fingerprint density at radius 1 is 1.20 bits per heavy atom. The number of esters is 1. The lowest BCUT2D eigenvalue weighted by Gasteiger charge is -2.23. The van der Waals surface area contributed by atoms with Gasteiger partial charge in [-0.25, -0.2) is 0 Å². The number of rotatable bonds is 5. The Morgan fingerprint density at radius 3 is 2.20 bits per heavy atom. The predicted molar refractivity (Wildman–Crippen MR) is 77.3 cm³/mol. The summed E-state index contributed by atoms with van der Waals surface area (Å²) in [6.07, 6.45) is 1.97. The predicted octanol–water partition coefficient (Wildman–Crippen LogP) is 2.81. The second kappa shape index (κ2) is 6.21. The number of carbonyl (C=O) groups excluding carboxylic acids is 2. The maximum absolute atomic E-state index is 12.4. The molecule has 3 heteroatoms. The highest BCUT2D eigenvalue weighted by Gasteiger charge is 2.35. The molecule has 1 unspecified atom stereocenters. The molecule has 20 heavy (non-hydrogen) atoms. The van der Waals surface area contributed by atoms with Crippen molar-refractivity contribution in [3.63, 3.8) is 0 Å². The molecule has 1 atom stereocenters. The molecule has 0 aromatic heterocycles. The zero-order valence-electron chi connectivity index (χ0n) is 12.4. The zero-order chi connectivity index (χ0) is 14.7. The van der Waals surface area contributed by atoms with Crippen LogP contribution in [0, 0.1) is 17.8 Å². The summed E-state index contributed by atoms with van der Waals surface area (Å²) >= 11 is 0. The summed E-state index contributed by atoms with van der Waals surface area (Å²) in [5.41, 5.74) is 2.62. The standard InChI is InChI=1S/C17H22O3/c1-11(2)17(19)15(10-16(18)20-3)14-8-12-6-4-5-7-13(12)9-14/h4-7,11,14-15H,8-10H2,1-3H3. The first-order chi connectivity index (χ1) is 9.52. The smallest absolute Gasteiger partial charge is 0.306 e. The van der Waals surface area contributed by atoms with Gasteiger partial charge in [0.05, 0.1) is 13.5 Å². The summed E-state index contributed by atoms with van der Waals surface area (Å²) in [6, 6.07) is 8.29. The van der Waals surface area contributed by atoms with Gasteiger partial charge in [-0.05, 0) is 29.9 Å². The van der Waals surface area contributed by atoms with Crippen LogP contribution in [0.2, 0.25) is 0 Å². The molecule has 108 valence electrons. The van der Waals surface area contributed by atoms with Gasteiger partial charge in [-0.15, -0.1) is 0 Å². The van der Waals surface area contributed by atoms with Crippen LogP contribution in [0.5, 0.6) is 0 Å². The lowest BCUT2D eigenvalue weighted by atomic mass is 9.80. The molecular formula is C17H22O3. The van der Waals surface area contributed by atoms with E-state index in [1.807, 2.05) is 26.0 Å². The number of carbonyl (C=O) groups is 2. The van der Waals surface area contributed by atoms with Crippen molar-refractivity contribution >= 4 is 11.8 Å². The van der Waals surface area contributed by atoms with Crippen molar-refractivity contribution in [1.82, 2.24) is 0 Å². The summed E-state index contributed by atoms with van der Waals surface area (Å²) < 4.78 is 4.76. The van der Waals surface area contributed by atoms with Crippen molar-refractivity contribution in [2.75, 3.05) is 7.11 Å². The largest absolute Gasteiger partial charge is 0.469 e. The van der Waals surface area contributed by atoms with Gasteiger partial charge in [-0.1, -0.05) is 38.1 Å². The molecule has 0 saturated carbocycles.